The number of carbonyl (C=O) groups is 2. The van der Waals surface area contributed by atoms with Crippen molar-refractivity contribution in [1.82, 2.24) is 19.6 Å². The third-order valence-electron chi connectivity index (χ3n) is 8.00. The molecule has 1 fully saturated rings. The summed E-state index contributed by atoms with van der Waals surface area (Å²) in [6.07, 6.45) is 1.85. The number of rotatable bonds is 7. The molecule has 0 radical (unpaired) electrons. The standard InChI is InChI=1S/C34H27N5O4S2/c1-19-9-8-16-38-20(2)27(35-31(19)38)29(40)26-28(22-12-7-14-24(17-22)43-3)39(32(42)30(26)41)33-36-37-34(45-33)44-18-23-13-6-11-21-10-4-5-15-25(21)23/h4-17,28,40H,18H2,1-3H3/b29-26+. The van der Waals surface area contributed by atoms with Crippen molar-refractivity contribution in [2.45, 2.75) is 30.0 Å². The third kappa shape index (κ3) is 4.94. The lowest BCUT2D eigenvalue weighted by atomic mass is 9.96. The lowest BCUT2D eigenvalue weighted by molar-refractivity contribution is -0.132. The SMILES string of the molecule is COc1cccc(C2/C(=C(\O)c3nc4c(C)cccn4c3C)C(=O)C(=O)N2c2nnc(SCc3cccc4ccccc34)s2)c1. The Labute approximate surface area is 266 Å². The zero-order valence-electron chi connectivity index (χ0n) is 24.6. The number of amides is 1. The highest BCUT2D eigenvalue weighted by atomic mass is 32.2. The summed E-state index contributed by atoms with van der Waals surface area (Å²) in [5, 5.41) is 23.0. The molecule has 1 aliphatic heterocycles. The summed E-state index contributed by atoms with van der Waals surface area (Å²) in [5.74, 6) is -0.779. The average molecular weight is 634 g/mol. The van der Waals surface area contributed by atoms with Crippen LogP contribution in [0, 0.1) is 13.8 Å². The molecule has 1 aliphatic rings. The fourth-order valence-electron chi connectivity index (χ4n) is 5.75. The zero-order chi connectivity index (χ0) is 31.2. The molecule has 3 aromatic carbocycles. The van der Waals surface area contributed by atoms with Crippen molar-refractivity contribution in [3.8, 4) is 5.75 Å². The van der Waals surface area contributed by atoms with Gasteiger partial charge in [0.05, 0.1) is 24.4 Å². The molecule has 4 heterocycles. The maximum Gasteiger partial charge on any atom is 0.301 e. The van der Waals surface area contributed by atoms with Crippen molar-refractivity contribution in [3.05, 3.63) is 119 Å². The van der Waals surface area contributed by atoms with Crippen LogP contribution in [-0.4, -0.2) is 43.5 Å². The number of anilines is 1. The van der Waals surface area contributed by atoms with Gasteiger partial charge in [-0.05, 0) is 59.5 Å². The summed E-state index contributed by atoms with van der Waals surface area (Å²) in [7, 11) is 1.54. The van der Waals surface area contributed by atoms with Gasteiger partial charge in [-0.2, -0.15) is 0 Å². The summed E-state index contributed by atoms with van der Waals surface area (Å²) in [5.41, 5.74) is 4.10. The molecule has 1 unspecified atom stereocenters. The molecule has 1 atom stereocenters. The Balaban J connectivity index is 1.30. The van der Waals surface area contributed by atoms with Crippen LogP contribution in [0.1, 0.15) is 34.1 Å². The first-order valence-corrected chi connectivity index (χ1v) is 16.0. The monoisotopic (exact) mass is 633 g/mol. The number of imidazole rings is 1. The van der Waals surface area contributed by atoms with E-state index in [1.165, 1.54) is 33.4 Å². The van der Waals surface area contributed by atoms with Gasteiger partial charge in [-0.1, -0.05) is 83.8 Å². The van der Waals surface area contributed by atoms with Crippen LogP contribution in [0.25, 0.3) is 22.2 Å². The number of aromatic nitrogens is 4. The number of methoxy groups -OCH3 is 1. The largest absolute Gasteiger partial charge is 0.505 e. The highest BCUT2D eigenvalue weighted by Crippen LogP contribution is 2.45. The van der Waals surface area contributed by atoms with Crippen molar-refractivity contribution < 1.29 is 19.4 Å². The summed E-state index contributed by atoms with van der Waals surface area (Å²) < 4.78 is 7.96. The molecule has 6 aromatic rings. The molecule has 224 valence electrons. The van der Waals surface area contributed by atoms with Gasteiger partial charge in [0.1, 0.15) is 17.1 Å². The molecule has 45 heavy (non-hydrogen) atoms. The number of carbonyl (C=O) groups excluding carboxylic acids is 2. The molecule has 11 heteroatoms. The molecule has 1 saturated heterocycles. The van der Waals surface area contributed by atoms with Crippen LogP contribution in [0.2, 0.25) is 0 Å². The predicted octanol–water partition coefficient (Wildman–Crippen LogP) is 6.88. The van der Waals surface area contributed by atoms with Gasteiger partial charge >= 0.3 is 5.91 Å². The average Bonchev–Trinajstić information content (AvgIpc) is 3.74. The molecular formula is C34H27N5O4S2. The van der Waals surface area contributed by atoms with Crippen LogP contribution < -0.4 is 9.64 Å². The number of thioether (sulfide) groups is 1. The van der Waals surface area contributed by atoms with Crippen molar-refractivity contribution in [1.29, 1.82) is 0 Å². The summed E-state index contributed by atoms with van der Waals surface area (Å²) in [6.45, 7) is 3.74. The summed E-state index contributed by atoms with van der Waals surface area (Å²) >= 11 is 2.74. The maximum atomic E-state index is 13.8. The Bertz CT molecular complexity index is 2160. The Morgan fingerprint density at radius 1 is 1.00 bits per heavy atom. The van der Waals surface area contributed by atoms with E-state index in [-0.39, 0.29) is 22.2 Å². The highest BCUT2D eigenvalue weighted by Gasteiger charge is 2.49. The van der Waals surface area contributed by atoms with E-state index < -0.39 is 17.7 Å². The molecule has 9 nitrogen and oxygen atoms in total. The second kappa shape index (κ2) is 11.5. The third-order valence-corrected chi connectivity index (χ3v) is 10.1. The Morgan fingerprint density at radius 2 is 1.80 bits per heavy atom. The molecule has 3 aromatic heterocycles. The molecule has 7 rings (SSSR count). The lowest BCUT2D eigenvalue weighted by Gasteiger charge is -2.22. The molecular weight excluding hydrogens is 607 g/mol. The number of ketones is 1. The normalized spacial score (nSPS) is 16.2. The van der Waals surface area contributed by atoms with Crippen molar-refractivity contribution in [3.63, 3.8) is 0 Å². The topological polar surface area (TPSA) is 110 Å². The van der Waals surface area contributed by atoms with Crippen LogP contribution in [0.5, 0.6) is 5.75 Å². The first kappa shape index (κ1) is 28.8. The van der Waals surface area contributed by atoms with E-state index in [1.807, 2.05) is 54.8 Å². The predicted molar refractivity (Wildman–Crippen MR) is 176 cm³/mol. The Hall–Kier alpha value is -5.00. The van der Waals surface area contributed by atoms with Crippen LogP contribution in [0.3, 0.4) is 0 Å². The van der Waals surface area contributed by atoms with E-state index in [0.29, 0.717) is 32.7 Å². The first-order chi connectivity index (χ1) is 21.9. The van der Waals surface area contributed by atoms with E-state index >= 15 is 0 Å². The highest BCUT2D eigenvalue weighted by molar-refractivity contribution is 8.00. The quantitative estimate of drug-likeness (QED) is 0.0666. The minimum atomic E-state index is -0.978. The second-order valence-electron chi connectivity index (χ2n) is 10.7. The van der Waals surface area contributed by atoms with E-state index in [2.05, 4.69) is 39.4 Å². The minimum absolute atomic E-state index is 0.0717. The summed E-state index contributed by atoms with van der Waals surface area (Å²) in [4.78, 5) is 33.5. The van der Waals surface area contributed by atoms with Gasteiger partial charge in [0.15, 0.2) is 10.1 Å². The number of pyridine rings is 1. The van der Waals surface area contributed by atoms with Crippen molar-refractivity contribution in [2.24, 2.45) is 0 Å². The van der Waals surface area contributed by atoms with Gasteiger partial charge in [-0.15, -0.1) is 10.2 Å². The number of benzene rings is 3. The first-order valence-electron chi connectivity index (χ1n) is 14.2. The number of fused-ring (bicyclic) bond motifs is 2. The fraction of sp³-hybridized carbons (Fsp3) is 0.147. The van der Waals surface area contributed by atoms with Crippen LogP contribution in [0.4, 0.5) is 5.13 Å². The molecule has 1 amide bonds. The van der Waals surface area contributed by atoms with Gasteiger partial charge in [0, 0.05) is 11.9 Å². The molecule has 1 N–H and O–H groups in total. The molecule has 0 bridgehead atoms. The molecule has 0 saturated carbocycles. The number of aliphatic hydroxyl groups is 1. The zero-order valence-corrected chi connectivity index (χ0v) is 26.2. The fourth-order valence-corrected chi connectivity index (χ4v) is 7.62. The Morgan fingerprint density at radius 3 is 2.62 bits per heavy atom. The van der Waals surface area contributed by atoms with E-state index in [0.717, 1.165) is 16.5 Å². The number of hydrogen-bond donors (Lipinski definition) is 1. The lowest BCUT2D eigenvalue weighted by Crippen LogP contribution is -2.29. The van der Waals surface area contributed by atoms with E-state index in [4.69, 9.17) is 4.74 Å². The number of nitrogens with zero attached hydrogens (tertiary/aromatic N) is 5. The number of aliphatic hydroxyl groups excluding tert-OH is 1. The number of ether oxygens (including phenoxy) is 1. The Kier molecular flexibility index (Phi) is 7.34. The van der Waals surface area contributed by atoms with E-state index in [9.17, 15) is 14.7 Å². The maximum absolute atomic E-state index is 13.8. The number of aryl methyl sites for hydroxylation is 2. The van der Waals surface area contributed by atoms with Crippen LogP contribution >= 0.6 is 23.1 Å². The van der Waals surface area contributed by atoms with Crippen LogP contribution in [-0.2, 0) is 15.3 Å². The van der Waals surface area contributed by atoms with Gasteiger partial charge in [0.25, 0.3) is 5.78 Å². The van der Waals surface area contributed by atoms with Gasteiger partial charge < -0.3 is 14.2 Å². The molecule has 0 aliphatic carbocycles. The number of Topliss-reactive ketones (excluding diaryl/α,β-unsaturated/α-hetero) is 1. The number of hydrogen-bond acceptors (Lipinski definition) is 9. The second-order valence-corrected chi connectivity index (χ2v) is 12.8. The summed E-state index contributed by atoms with van der Waals surface area (Å²) in [6, 6.07) is 24.3. The van der Waals surface area contributed by atoms with E-state index in [1.54, 1.807) is 31.4 Å². The van der Waals surface area contributed by atoms with Crippen LogP contribution in [0.15, 0.2) is 95.0 Å². The van der Waals surface area contributed by atoms with Gasteiger partial charge in [0.2, 0.25) is 5.13 Å². The van der Waals surface area contributed by atoms with Crippen molar-refractivity contribution >= 4 is 62.1 Å². The smallest absolute Gasteiger partial charge is 0.301 e. The molecule has 0 spiro atoms. The minimum Gasteiger partial charge on any atom is -0.505 e. The van der Waals surface area contributed by atoms with Crippen molar-refractivity contribution in [2.75, 3.05) is 12.0 Å². The van der Waals surface area contributed by atoms with Gasteiger partial charge in [-0.25, -0.2) is 4.98 Å². The van der Waals surface area contributed by atoms with Gasteiger partial charge in [-0.3, -0.25) is 14.5 Å².